The molecule has 0 aliphatic heterocycles. The zero-order valence-electron chi connectivity index (χ0n) is 14.8. The first kappa shape index (κ1) is 18.2. The van der Waals surface area contributed by atoms with Gasteiger partial charge >= 0.3 is 5.97 Å². The van der Waals surface area contributed by atoms with Crippen LogP contribution in [0.2, 0.25) is 0 Å². The van der Waals surface area contributed by atoms with Gasteiger partial charge < -0.3 is 13.9 Å². The van der Waals surface area contributed by atoms with E-state index in [9.17, 15) is 14.4 Å². The number of esters is 1. The van der Waals surface area contributed by atoms with Crippen molar-refractivity contribution in [2.45, 2.75) is 6.92 Å². The van der Waals surface area contributed by atoms with Gasteiger partial charge in [0.05, 0.1) is 7.11 Å². The number of amides is 2. The van der Waals surface area contributed by atoms with E-state index in [1.165, 1.54) is 19.2 Å². The zero-order chi connectivity index (χ0) is 19.4. The van der Waals surface area contributed by atoms with Crippen molar-refractivity contribution in [1.29, 1.82) is 0 Å². The van der Waals surface area contributed by atoms with Gasteiger partial charge in [0.25, 0.3) is 11.8 Å². The van der Waals surface area contributed by atoms with E-state index in [0.29, 0.717) is 16.9 Å². The van der Waals surface area contributed by atoms with Crippen molar-refractivity contribution >= 4 is 28.8 Å². The number of carbonyl (C=O) groups excluding carboxylic acids is 3. The summed E-state index contributed by atoms with van der Waals surface area (Å²) in [6.07, 6.45) is 0. The molecule has 2 aromatic carbocycles. The Hall–Kier alpha value is -3.61. The van der Waals surface area contributed by atoms with Crippen LogP contribution in [-0.2, 0) is 9.53 Å². The molecule has 138 valence electrons. The minimum Gasteiger partial charge on any atom is -0.497 e. The second-order valence-corrected chi connectivity index (χ2v) is 5.73. The molecule has 7 heteroatoms. The lowest BCUT2D eigenvalue weighted by molar-refractivity contribution is -0.123. The van der Waals surface area contributed by atoms with E-state index in [-0.39, 0.29) is 11.3 Å². The molecule has 1 heterocycles. The number of methoxy groups -OCH3 is 1. The van der Waals surface area contributed by atoms with Gasteiger partial charge in [-0.1, -0.05) is 18.2 Å². The molecule has 0 fully saturated rings. The maximum absolute atomic E-state index is 12.2. The fraction of sp³-hybridized carbons (Fsp3) is 0.150. The summed E-state index contributed by atoms with van der Waals surface area (Å²) in [5.74, 6) is -1.48. The number of fused-ring (bicyclic) bond motifs is 1. The van der Waals surface area contributed by atoms with Gasteiger partial charge in [0.1, 0.15) is 11.3 Å². The first-order valence-electron chi connectivity index (χ1n) is 8.13. The Labute approximate surface area is 154 Å². The van der Waals surface area contributed by atoms with E-state index in [1.807, 2.05) is 12.1 Å². The predicted octanol–water partition coefficient (Wildman–Crippen LogP) is 2.86. The Morgan fingerprint density at radius 1 is 1.04 bits per heavy atom. The molecule has 0 atom stereocenters. The van der Waals surface area contributed by atoms with Crippen molar-refractivity contribution in [3.63, 3.8) is 0 Å². The van der Waals surface area contributed by atoms with E-state index < -0.39 is 24.4 Å². The van der Waals surface area contributed by atoms with Gasteiger partial charge in [0, 0.05) is 16.5 Å². The molecule has 27 heavy (non-hydrogen) atoms. The number of rotatable bonds is 5. The highest BCUT2D eigenvalue weighted by Crippen LogP contribution is 2.25. The molecule has 0 aliphatic rings. The Bertz CT molecular complexity index is 1000. The molecule has 0 unspecified atom stereocenters. The highest BCUT2D eigenvalue weighted by atomic mass is 16.5. The van der Waals surface area contributed by atoms with E-state index in [0.717, 1.165) is 5.39 Å². The Balaban J connectivity index is 1.58. The van der Waals surface area contributed by atoms with Gasteiger partial charge in [0.2, 0.25) is 5.76 Å². The van der Waals surface area contributed by atoms with Crippen LogP contribution in [0.4, 0.5) is 0 Å². The van der Waals surface area contributed by atoms with Crippen LogP contribution in [0.15, 0.2) is 52.9 Å². The number of hydrogen-bond donors (Lipinski definition) is 1. The number of para-hydroxylation sites is 1. The summed E-state index contributed by atoms with van der Waals surface area (Å²) in [7, 11) is 1.51. The predicted molar refractivity (Wildman–Crippen MR) is 96.7 cm³/mol. The second-order valence-electron chi connectivity index (χ2n) is 5.73. The van der Waals surface area contributed by atoms with Crippen LogP contribution in [0.3, 0.4) is 0 Å². The lowest BCUT2D eigenvalue weighted by Gasteiger charge is -2.06. The quantitative estimate of drug-likeness (QED) is 0.697. The maximum atomic E-state index is 12.2. The fourth-order valence-electron chi connectivity index (χ4n) is 2.54. The van der Waals surface area contributed by atoms with Crippen molar-refractivity contribution in [1.82, 2.24) is 5.32 Å². The maximum Gasteiger partial charge on any atom is 0.375 e. The van der Waals surface area contributed by atoms with E-state index >= 15 is 0 Å². The lowest BCUT2D eigenvalue weighted by Crippen LogP contribution is -2.34. The average Bonchev–Trinajstić information content (AvgIpc) is 3.03. The van der Waals surface area contributed by atoms with Gasteiger partial charge in [-0.15, -0.1) is 0 Å². The van der Waals surface area contributed by atoms with Crippen LogP contribution >= 0.6 is 0 Å². The second kappa shape index (κ2) is 7.74. The number of nitrogens with one attached hydrogen (secondary N) is 1. The molecular weight excluding hydrogens is 350 g/mol. The molecule has 0 aliphatic carbocycles. The molecule has 1 aromatic heterocycles. The molecule has 3 rings (SSSR count). The van der Waals surface area contributed by atoms with Crippen molar-refractivity contribution in [3.8, 4) is 5.75 Å². The monoisotopic (exact) mass is 367 g/mol. The first-order valence-corrected chi connectivity index (χ1v) is 8.13. The summed E-state index contributed by atoms with van der Waals surface area (Å²) in [6, 6.07) is 13.4. The number of hydrogen-bond acceptors (Lipinski definition) is 6. The number of benzene rings is 2. The van der Waals surface area contributed by atoms with Crippen molar-refractivity contribution in [2.75, 3.05) is 13.7 Å². The smallest absolute Gasteiger partial charge is 0.375 e. The van der Waals surface area contributed by atoms with Gasteiger partial charge in [-0.25, -0.2) is 4.79 Å². The molecule has 1 N–H and O–H groups in total. The van der Waals surface area contributed by atoms with Gasteiger partial charge in [0.15, 0.2) is 6.61 Å². The highest BCUT2D eigenvalue weighted by Gasteiger charge is 2.20. The molecule has 0 saturated heterocycles. The summed E-state index contributed by atoms with van der Waals surface area (Å²) in [5.41, 5.74) is 1.47. The van der Waals surface area contributed by atoms with Crippen LogP contribution in [-0.4, -0.2) is 31.5 Å². The summed E-state index contributed by atoms with van der Waals surface area (Å²) >= 11 is 0. The fourth-order valence-corrected chi connectivity index (χ4v) is 2.54. The molecule has 7 nitrogen and oxygen atoms in total. The number of furan rings is 1. The van der Waals surface area contributed by atoms with Crippen LogP contribution < -0.4 is 10.1 Å². The van der Waals surface area contributed by atoms with Crippen LogP contribution in [0.1, 0.15) is 26.5 Å². The standard InChI is InChI=1S/C20H17NO6/c1-12-15-5-3-4-6-16(15)27-18(12)20(24)26-11-17(22)21-19(23)13-7-9-14(25-2)10-8-13/h3-10H,11H2,1-2H3,(H,21,22,23). The summed E-state index contributed by atoms with van der Waals surface area (Å²) < 4.78 is 15.4. The highest BCUT2D eigenvalue weighted by molar-refractivity contribution is 6.05. The third kappa shape index (κ3) is 3.98. The van der Waals surface area contributed by atoms with E-state index in [1.54, 1.807) is 31.2 Å². The van der Waals surface area contributed by atoms with Gasteiger partial charge in [-0.2, -0.15) is 0 Å². The average molecular weight is 367 g/mol. The molecule has 0 spiro atoms. The Morgan fingerprint density at radius 3 is 2.41 bits per heavy atom. The van der Waals surface area contributed by atoms with Gasteiger partial charge in [-0.3, -0.25) is 14.9 Å². The molecule has 2 amide bonds. The molecule has 3 aromatic rings. The normalized spacial score (nSPS) is 10.4. The minimum atomic E-state index is -0.768. The number of carbonyl (C=O) groups is 3. The summed E-state index contributed by atoms with van der Waals surface area (Å²) in [4.78, 5) is 36.1. The Morgan fingerprint density at radius 2 is 1.74 bits per heavy atom. The topological polar surface area (TPSA) is 94.8 Å². The van der Waals surface area contributed by atoms with Gasteiger partial charge in [-0.05, 0) is 37.3 Å². The molecule has 0 radical (unpaired) electrons. The number of ether oxygens (including phenoxy) is 2. The minimum absolute atomic E-state index is 0.0329. The molecule has 0 saturated carbocycles. The van der Waals surface area contributed by atoms with Crippen LogP contribution in [0, 0.1) is 6.92 Å². The van der Waals surface area contributed by atoms with Crippen molar-refractivity contribution < 1.29 is 28.3 Å². The number of aryl methyl sites for hydroxylation is 1. The third-order valence-corrected chi connectivity index (χ3v) is 3.97. The van der Waals surface area contributed by atoms with E-state index in [2.05, 4.69) is 5.32 Å². The molecular formula is C20H17NO6. The summed E-state index contributed by atoms with van der Waals surface area (Å²) in [6.45, 7) is 1.13. The first-order chi connectivity index (χ1) is 13.0. The zero-order valence-corrected chi connectivity index (χ0v) is 14.8. The lowest BCUT2D eigenvalue weighted by atomic mass is 10.1. The van der Waals surface area contributed by atoms with Crippen molar-refractivity contribution in [3.05, 3.63) is 65.4 Å². The SMILES string of the molecule is COc1ccc(C(=O)NC(=O)COC(=O)c2oc3ccccc3c2C)cc1. The Kier molecular flexibility index (Phi) is 5.21. The molecule has 0 bridgehead atoms. The van der Waals surface area contributed by atoms with Crippen LogP contribution in [0.5, 0.6) is 5.75 Å². The van der Waals surface area contributed by atoms with Crippen LogP contribution in [0.25, 0.3) is 11.0 Å². The number of imide groups is 1. The van der Waals surface area contributed by atoms with Crippen molar-refractivity contribution in [2.24, 2.45) is 0 Å². The largest absolute Gasteiger partial charge is 0.497 e. The summed E-state index contributed by atoms with van der Waals surface area (Å²) in [5, 5.41) is 2.95. The third-order valence-electron chi connectivity index (χ3n) is 3.97. The van der Waals surface area contributed by atoms with E-state index in [4.69, 9.17) is 13.9 Å².